The second-order valence-corrected chi connectivity index (χ2v) is 4.62. The Morgan fingerprint density at radius 1 is 1.53 bits per heavy atom. The Morgan fingerprint density at radius 2 is 2.29 bits per heavy atom. The monoisotopic (exact) mass is 231 g/mol. The van der Waals surface area contributed by atoms with Crippen LogP contribution in [0.2, 0.25) is 0 Å². The van der Waals surface area contributed by atoms with Crippen molar-refractivity contribution < 1.29 is 9.90 Å². The van der Waals surface area contributed by atoms with Gasteiger partial charge in [0.15, 0.2) is 0 Å². The quantitative estimate of drug-likeness (QED) is 0.878. The summed E-state index contributed by atoms with van der Waals surface area (Å²) in [4.78, 5) is 10.9. The molecule has 1 fully saturated rings. The van der Waals surface area contributed by atoms with Gasteiger partial charge in [-0.1, -0.05) is 5.21 Å². The van der Waals surface area contributed by atoms with Crippen LogP contribution in [0.25, 0.3) is 11.0 Å². The lowest BCUT2D eigenvalue weighted by Gasteiger charge is -2.10. The summed E-state index contributed by atoms with van der Waals surface area (Å²) in [7, 11) is 0. The van der Waals surface area contributed by atoms with Gasteiger partial charge in [0.05, 0.1) is 17.1 Å². The number of nitrogens with zero attached hydrogens (tertiary/aromatic N) is 3. The van der Waals surface area contributed by atoms with E-state index >= 15 is 0 Å². The number of carbonyl (C=O) groups is 1. The molecule has 0 spiro atoms. The van der Waals surface area contributed by atoms with Crippen LogP contribution in [-0.2, 0) is 0 Å². The third kappa shape index (κ3) is 1.67. The first kappa shape index (κ1) is 10.3. The van der Waals surface area contributed by atoms with E-state index in [4.69, 9.17) is 5.11 Å². The van der Waals surface area contributed by atoms with E-state index in [1.807, 2.05) is 4.68 Å². The van der Waals surface area contributed by atoms with Gasteiger partial charge in [0.25, 0.3) is 0 Å². The second kappa shape index (κ2) is 3.55. The number of aromatic carboxylic acids is 1. The van der Waals surface area contributed by atoms with Crippen LogP contribution in [0, 0.1) is 5.92 Å². The molecule has 1 heterocycles. The summed E-state index contributed by atoms with van der Waals surface area (Å²) in [5.41, 5.74) is 1.84. The molecule has 1 aromatic heterocycles. The molecule has 1 unspecified atom stereocenters. The minimum atomic E-state index is -0.918. The van der Waals surface area contributed by atoms with Crippen LogP contribution in [0.5, 0.6) is 0 Å². The summed E-state index contributed by atoms with van der Waals surface area (Å²) in [5.74, 6) is -0.257. The molecule has 1 N–H and O–H groups in total. The first-order valence-corrected chi connectivity index (χ1v) is 5.75. The van der Waals surface area contributed by atoms with Gasteiger partial charge in [-0.25, -0.2) is 9.48 Å². The maximum absolute atomic E-state index is 10.9. The fourth-order valence-corrected chi connectivity index (χ4v) is 2.15. The van der Waals surface area contributed by atoms with E-state index in [2.05, 4.69) is 17.2 Å². The molecule has 0 aliphatic heterocycles. The van der Waals surface area contributed by atoms with Gasteiger partial charge < -0.3 is 5.11 Å². The van der Waals surface area contributed by atoms with Gasteiger partial charge in [0.1, 0.15) is 5.52 Å². The topological polar surface area (TPSA) is 68.0 Å². The average Bonchev–Trinajstić information content (AvgIpc) is 3.07. The summed E-state index contributed by atoms with van der Waals surface area (Å²) >= 11 is 0. The molecule has 0 radical (unpaired) electrons. The van der Waals surface area contributed by atoms with Crippen molar-refractivity contribution >= 4 is 17.0 Å². The molecule has 1 aliphatic carbocycles. The smallest absolute Gasteiger partial charge is 0.335 e. The number of fused-ring (bicyclic) bond motifs is 1. The number of carboxylic acid groups (broad SMARTS) is 1. The average molecular weight is 231 g/mol. The normalized spacial score (nSPS) is 17.2. The molecule has 2 aromatic rings. The van der Waals surface area contributed by atoms with Crippen LogP contribution in [0.4, 0.5) is 0 Å². The zero-order chi connectivity index (χ0) is 12.0. The van der Waals surface area contributed by atoms with Crippen molar-refractivity contribution in [3.63, 3.8) is 0 Å². The molecule has 5 heteroatoms. The van der Waals surface area contributed by atoms with Gasteiger partial charge in [0, 0.05) is 0 Å². The van der Waals surface area contributed by atoms with Crippen LogP contribution < -0.4 is 0 Å². The van der Waals surface area contributed by atoms with Gasteiger partial charge in [0.2, 0.25) is 0 Å². The van der Waals surface area contributed by atoms with Crippen LogP contribution >= 0.6 is 0 Å². The minimum Gasteiger partial charge on any atom is -0.478 e. The molecular weight excluding hydrogens is 218 g/mol. The number of hydrogen-bond donors (Lipinski definition) is 1. The van der Waals surface area contributed by atoms with Crippen molar-refractivity contribution in [3.05, 3.63) is 23.8 Å². The molecule has 88 valence electrons. The summed E-state index contributed by atoms with van der Waals surface area (Å²) in [6.45, 7) is 2.11. The lowest BCUT2D eigenvalue weighted by atomic mass is 10.1. The zero-order valence-corrected chi connectivity index (χ0v) is 9.50. The van der Waals surface area contributed by atoms with Gasteiger partial charge in [-0.2, -0.15) is 0 Å². The highest BCUT2D eigenvalue weighted by Crippen LogP contribution is 2.39. The van der Waals surface area contributed by atoms with E-state index in [-0.39, 0.29) is 5.56 Å². The molecule has 1 aliphatic rings. The fourth-order valence-electron chi connectivity index (χ4n) is 2.15. The predicted molar refractivity (Wildman–Crippen MR) is 61.9 cm³/mol. The maximum Gasteiger partial charge on any atom is 0.335 e. The van der Waals surface area contributed by atoms with Gasteiger partial charge in [-0.05, 0) is 43.9 Å². The Morgan fingerprint density at radius 3 is 2.94 bits per heavy atom. The van der Waals surface area contributed by atoms with Crippen LogP contribution in [0.3, 0.4) is 0 Å². The Hall–Kier alpha value is -1.91. The van der Waals surface area contributed by atoms with E-state index in [1.165, 1.54) is 12.8 Å². The Labute approximate surface area is 98.0 Å². The molecule has 5 nitrogen and oxygen atoms in total. The maximum atomic E-state index is 10.9. The second-order valence-electron chi connectivity index (χ2n) is 4.62. The highest BCUT2D eigenvalue weighted by molar-refractivity contribution is 5.92. The number of hydrogen-bond acceptors (Lipinski definition) is 3. The largest absolute Gasteiger partial charge is 0.478 e. The van der Waals surface area contributed by atoms with Crippen molar-refractivity contribution in [2.24, 2.45) is 5.92 Å². The van der Waals surface area contributed by atoms with Crippen molar-refractivity contribution in [1.82, 2.24) is 15.0 Å². The summed E-state index contributed by atoms with van der Waals surface area (Å²) < 4.78 is 1.85. The number of aromatic nitrogens is 3. The number of rotatable bonds is 3. The Kier molecular flexibility index (Phi) is 2.14. The molecule has 0 amide bonds. The van der Waals surface area contributed by atoms with E-state index in [9.17, 15) is 4.79 Å². The first-order valence-electron chi connectivity index (χ1n) is 5.75. The molecule has 17 heavy (non-hydrogen) atoms. The molecule has 1 saturated carbocycles. The van der Waals surface area contributed by atoms with E-state index < -0.39 is 5.97 Å². The van der Waals surface area contributed by atoms with Gasteiger partial charge in [-0.15, -0.1) is 5.10 Å². The summed E-state index contributed by atoms with van der Waals surface area (Å²) in [6.07, 6.45) is 2.45. The lowest BCUT2D eigenvalue weighted by Crippen LogP contribution is -2.09. The first-order chi connectivity index (χ1) is 8.16. The SMILES string of the molecule is CC(C1CC1)n1nnc2ccc(C(=O)O)cc21. The standard InChI is InChI=1S/C12H13N3O2/c1-7(8-2-3-8)15-11-6-9(12(16)17)4-5-10(11)13-14-15/h4-8H,2-3H2,1H3,(H,16,17). The highest BCUT2D eigenvalue weighted by Gasteiger charge is 2.30. The van der Waals surface area contributed by atoms with Crippen LogP contribution in [-0.4, -0.2) is 26.1 Å². The van der Waals surface area contributed by atoms with Crippen molar-refractivity contribution in [1.29, 1.82) is 0 Å². The molecular formula is C12H13N3O2. The van der Waals surface area contributed by atoms with E-state index in [1.54, 1.807) is 18.2 Å². The summed E-state index contributed by atoms with van der Waals surface area (Å²) in [5, 5.41) is 17.2. The Balaban J connectivity index is 2.11. The van der Waals surface area contributed by atoms with Gasteiger partial charge in [-0.3, -0.25) is 0 Å². The van der Waals surface area contributed by atoms with E-state index in [0.29, 0.717) is 12.0 Å². The number of benzene rings is 1. The zero-order valence-electron chi connectivity index (χ0n) is 9.50. The molecule has 1 aromatic carbocycles. The fraction of sp³-hybridized carbons (Fsp3) is 0.417. The van der Waals surface area contributed by atoms with Crippen LogP contribution in [0.1, 0.15) is 36.2 Å². The molecule has 3 rings (SSSR count). The Bertz CT molecular complexity index is 586. The van der Waals surface area contributed by atoms with Crippen LogP contribution in [0.15, 0.2) is 18.2 Å². The number of carboxylic acids is 1. The van der Waals surface area contributed by atoms with E-state index in [0.717, 1.165) is 11.0 Å². The predicted octanol–water partition coefficient (Wildman–Crippen LogP) is 2.10. The van der Waals surface area contributed by atoms with Crippen molar-refractivity contribution in [3.8, 4) is 0 Å². The molecule has 0 saturated heterocycles. The lowest BCUT2D eigenvalue weighted by molar-refractivity contribution is 0.0697. The van der Waals surface area contributed by atoms with Crippen molar-refractivity contribution in [2.75, 3.05) is 0 Å². The molecule has 1 atom stereocenters. The van der Waals surface area contributed by atoms with Crippen molar-refractivity contribution in [2.45, 2.75) is 25.8 Å². The highest BCUT2D eigenvalue weighted by atomic mass is 16.4. The third-order valence-electron chi connectivity index (χ3n) is 3.41. The third-order valence-corrected chi connectivity index (χ3v) is 3.41. The van der Waals surface area contributed by atoms with Gasteiger partial charge >= 0.3 is 5.97 Å². The molecule has 0 bridgehead atoms. The summed E-state index contributed by atoms with van der Waals surface area (Å²) in [6, 6.07) is 5.22. The minimum absolute atomic E-state index is 0.282.